The van der Waals surface area contributed by atoms with E-state index in [0.29, 0.717) is 22.7 Å². The quantitative estimate of drug-likeness (QED) is 0.720. The Hall–Kier alpha value is -1.89. The molecule has 124 valence electrons. The van der Waals surface area contributed by atoms with Crippen LogP contribution in [0.4, 0.5) is 8.78 Å². The SMILES string of the molecule is Oc1ccc(Cl)cc1CNCC(O)c1cccc(OC(F)F)c1. The van der Waals surface area contributed by atoms with Crippen molar-refractivity contribution in [3.63, 3.8) is 0 Å². The number of nitrogens with one attached hydrogen (secondary N) is 1. The van der Waals surface area contributed by atoms with Crippen molar-refractivity contribution in [2.75, 3.05) is 6.54 Å². The van der Waals surface area contributed by atoms with Gasteiger partial charge in [0.1, 0.15) is 11.5 Å². The van der Waals surface area contributed by atoms with Gasteiger partial charge in [0.15, 0.2) is 0 Å². The van der Waals surface area contributed by atoms with Crippen molar-refractivity contribution in [1.29, 1.82) is 0 Å². The second kappa shape index (κ2) is 8.10. The minimum absolute atomic E-state index is 0.0102. The first-order valence-corrected chi connectivity index (χ1v) is 7.24. The highest BCUT2D eigenvalue weighted by Crippen LogP contribution is 2.22. The van der Waals surface area contributed by atoms with Crippen molar-refractivity contribution in [2.24, 2.45) is 0 Å². The van der Waals surface area contributed by atoms with Crippen LogP contribution >= 0.6 is 11.6 Å². The van der Waals surface area contributed by atoms with Gasteiger partial charge in [-0.05, 0) is 35.9 Å². The fourth-order valence-electron chi connectivity index (χ4n) is 2.06. The number of halogens is 3. The predicted molar refractivity (Wildman–Crippen MR) is 82.9 cm³/mol. The predicted octanol–water partition coefficient (Wildman–Crippen LogP) is 3.47. The molecule has 1 unspecified atom stereocenters. The van der Waals surface area contributed by atoms with Gasteiger partial charge in [-0.2, -0.15) is 8.78 Å². The van der Waals surface area contributed by atoms with E-state index in [9.17, 15) is 19.0 Å². The third-order valence-electron chi connectivity index (χ3n) is 3.16. The lowest BCUT2D eigenvalue weighted by molar-refractivity contribution is -0.0499. The number of phenolic OH excluding ortho intramolecular Hbond substituents is 1. The molecule has 2 rings (SSSR count). The van der Waals surface area contributed by atoms with Gasteiger partial charge in [-0.25, -0.2) is 0 Å². The summed E-state index contributed by atoms with van der Waals surface area (Å²) >= 11 is 5.85. The van der Waals surface area contributed by atoms with E-state index in [0.717, 1.165) is 0 Å². The van der Waals surface area contributed by atoms with Gasteiger partial charge in [0.05, 0.1) is 6.10 Å². The third-order valence-corrected chi connectivity index (χ3v) is 3.40. The molecule has 0 spiro atoms. The van der Waals surface area contributed by atoms with Crippen molar-refractivity contribution < 1.29 is 23.7 Å². The number of phenols is 1. The van der Waals surface area contributed by atoms with Gasteiger partial charge < -0.3 is 20.3 Å². The molecule has 2 aromatic rings. The smallest absolute Gasteiger partial charge is 0.387 e. The molecule has 0 fully saturated rings. The Morgan fingerprint density at radius 2 is 1.96 bits per heavy atom. The molecule has 7 heteroatoms. The lowest BCUT2D eigenvalue weighted by Gasteiger charge is -2.14. The number of aliphatic hydroxyl groups is 1. The Balaban J connectivity index is 1.92. The van der Waals surface area contributed by atoms with E-state index < -0.39 is 12.7 Å². The lowest BCUT2D eigenvalue weighted by Crippen LogP contribution is -2.21. The zero-order valence-corrected chi connectivity index (χ0v) is 12.8. The Morgan fingerprint density at radius 3 is 2.70 bits per heavy atom. The molecule has 0 aliphatic heterocycles. The van der Waals surface area contributed by atoms with Crippen LogP contribution in [0.3, 0.4) is 0 Å². The van der Waals surface area contributed by atoms with Gasteiger partial charge in [-0.1, -0.05) is 23.7 Å². The highest BCUT2D eigenvalue weighted by Gasteiger charge is 2.11. The second-order valence-electron chi connectivity index (χ2n) is 4.87. The zero-order valence-electron chi connectivity index (χ0n) is 12.0. The molecule has 3 N–H and O–H groups in total. The van der Waals surface area contributed by atoms with E-state index in [-0.39, 0.29) is 18.0 Å². The molecule has 4 nitrogen and oxygen atoms in total. The van der Waals surface area contributed by atoms with E-state index >= 15 is 0 Å². The summed E-state index contributed by atoms with van der Waals surface area (Å²) in [5.74, 6) is 0.0905. The van der Waals surface area contributed by atoms with Crippen molar-refractivity contribution in [2.45, 2.75) is 19.3 Å². The van der Waals surface area contributed by atoms with Crippen molar-refractivity contribution in [1.82, 2.24) is 5.32 Å². The van der Waals surface area contributed by atoms with Crippen LogP contribution in [0.2, 0.25) is 5.02 Å². The molecule has 2 aromatic carbocycles. The molecule has 0 amide bonds. The summed E-state index contributed by atoms with van der Waals surface area (Å²) in [6.07, 6.45) is -0.905. The summed E-state index contributed by atoms with van der Waals surface area (Å²) in [6.45, 7) is -2.44. The molecule has 0 aromatic heterocycles. The van der Waals surface area contributed by atoms with Crippen LogP contribution in [-0.2, 0) is 6.54 Å². The normalized spacial score (nSPS) is 12.4. The van der Waals surface area contributed by atoms with Gasteiger partial charge >= 0.3 is 6.61 Å². The molecule has 0 radical (unpaired) electrons. The average molecular weight is 344 g/mol. The molecule has 0 aliphatic rings. The minimum atomic E-state index is -2.91. The molecule has 0 bridgehead atoms. The van der Waals surface area contributed by atoms with E-state index in [2.05, 4.69) is 10.1 Å². The molecule has 1 atom stereocenters. The van der Waals surface area contributed by atoms with Crippen LogP contribution in [0.25, 0.3) is 0 Å². The van der Waals surface area contributed by atoms with Crippen molar-refractivity contribution in [3.8, 4) is 11.5 Å². The minimum Gasteiger partial charge on any atom is -0.508 e. The van der Waals surface area contributed by atoms with Crippen LogP contribution in [0, 0.1) is 0 Å². The van der Waals surface area contributed by atoms with Gasteiger partial charge in [0, 0.05) is 23.7 Å². The fraction of sp³-hybridized carbons (Fsp3) is 0.250. The van der Waals surface area contributed by atoms with Crippen LogP contribution < -0.4 is 10.1 Å². The maximum absolute atomic E-state index is 12.2. The van der Waals surface area contributed by atoms with Gasteiger partial charge in [0.2, 0.25) is 0 Å². The molecular weight excluding hydrogens is 328 g/mol. The van der Waals surface area contributed by atoms with Crippen LogP contribution in [0.15, 0.2) is 42.5 Å². The maximum atomic E-state index is 12.2. The van der Waals surface area contributed by atoms with Crippen molar-refractivity contribution in [3.05, 3.63) is 58.6 Å². The van der Waals surface area contributed by atoms with Gasteiger partial charge in [0.25, 0.3) is 0 Å². The largest absolute Gasteiger partial charge is 0.508 e. The fourth-order valence-corrected chi connectivity index (χ4v) is 2.25. The van der Waals surface area contributed by atoms with Gasteiger partial charge in [-0.3, -0.25) is 0 Å². The first-order chi connectivity index (χ1) is 11.0. The number of benzene rings is 2. The first kappa shape index (κ1) is 17.5. The van der Waals surface area contributed by atoms with E-state index in [1.165, 1.54) is 24.3 Å². The monoisotopic (exact) mass is 343 g/mol. The topological polar surface area (TPSA) is 61.7 Å². The summed E-state index contributed by atoms with van der Waals surface area (Å²) in [5, 5.41) is 23.2. The number of aromatic hydroxyl groups is 1. The summed E-state index contributed by atoms with van der Waals surface area (Å²) < 4.78 is 28.7. The summed E-state index contributed by atoms with van der Waals surface area (Å²) in [4.78, 5) is 0. The van der Waals surface area contributed by atoms with Crippen molar-refractivity contribution >= 4 is 11.6 Å². The number of hydrogen-bond acceptors (Lipinski definition) is 4. The molecule has 0 saturated carbocycles. The van der Waals surface area contributed by atoms with Crippen LogP contribution in [0.5, 0.6) is 11.5 Å². The molecule has 0 aliphatic carbocycles. The number of ether oxygens (including phenoxy) is 1. The molecule has 0 saturated heterocycles. The summed E-state index contributed by atoms with van der Waals surface area (Å²) in [5.41, 5.74) is 1.05. The maximum Gasteiger partial charge on any atom is 0.387 e. The lowest BCUT2D eigenvalue weighted by atomic mass is 10.1. The average Bonchev–Trinajstić information content (AvgIpc) is 2.50. The Morgan fingerprint density at radius 1 is 1.17 bits per heavy atom. The summed E-state index contributed by atoms with van der Waals surface area (Å²) in [6, 6.07) is 10.6. The zero-order chi connectivity index (χ0) is 16.8. The van der Waals surface area contributed by atoms with Crippen LogP contribution in [0.1, 0.15) is 17.2 Å². The van der Waals surface area contributed by atoms with E-state index in [4.69, 9.17) is 11.6 Å². The van der Waals surface area contributed by atoms with Crippen LogP contribution in [-0.4, -0.2) is 23.4 Å². The highest BCUT2D eigenvalue weighted by molar-refractivity contribution is 6.30. The standard InChI is InChI=1S/C16H16ClF2NO3/c17-12-4-5-14(21)11(6-12)8-20-9-15(22)10-2-1-3-13(7-10)23-16(18)19/h1-7,15-16,20-22H,8-9H2. The first-order valence-electron chi connectivity index (χ1n) is 6.86. The highest BCUT2D eigenvalue weighted by atomic mass is 35.5. The molecule has 0 heterocycles. The Labute approximate surface area is 137 Å². The number of rotatable bonds is 7. The third kappa shape index (κ3) is 5.35. The summed E-state index contributed by atoms with van der Waals surface area (Å²) in [7, 11) is 0. The second-order valence-corrected chi connectivity index (χ2v) is 5.31. The Kier molecular flexibility index (Phi) is 6.15. The molecule has 23 heavy (non-hydrogen) atoms. The molecular formula is C16H16ClF2NO3. The van der Waals surface area contributed by atoms with E-state index in [1.807, 2.05) is 0 Å². The number of hydrogen-bond donors (Lipinski definition) is 3. The van der Waals surface area contributed by atoms with E-state index in [1.54, 1.807) is 18.2 Å². The number of aliphatic hydroxyl groups excluding tert-OH is 1. The number of alkyl halides is 2. The van der Waals surface area contributed by atoms with Gasteiger partial charge in [-0.15, -0.1) is 0 Å². The Bertz CT molecular complexity index is 655.